The number of nitrogens with zero attached hydrogens (tertiary/aromatic N) is 2. The summed E-state index contributed by atoms with van der Waals surface area (Å²) in [6.07, 6.45) is -0.514. The van der Waals surface area contributed by atoms with E-state index in [4.69, 9.17) is 4.74 Å². The van der Waals surface area contributed by atoms with E-state index in [9.17, 15) is 26.4 Å². The van der Waals surface area contributed by atoms with Gasteiger partial charge in [0, 0.05) is 25.7 Å². The van der Waals surface area contributed by atoms with Crippen LogP contribution in [-0.4, -0.2) is 70.0 Å². The molecule has 4 rings (SSSR count). The number of rotatable bonds is 10. The quantitative estimate of drug-likeness (QED) is 0.440. The van der Waals surface area contributed by atoms with Crippen molar-refractivity contribution >= 4 is 15.9 Å². The van der Waals surface area contributed by atoms with Crippen molar-refractivity contribution in [2.24, 2.45) is 11.8 Å². The fourth-order valence-corrected chi connectivity index (χ4v) is 7.42. The minimum Gasteiger partial charge on any atom is -0.367 e. The number of carbonyl (C=O) groups is 1. The van der Waals surface area contributed by atoms with Crippen molar-refractivity contribution < 1.29 is 31.1 Å². The Bertz CT molecular complexity index is 1230. The summed E-state index contributed by atoms with van der Waals surface area (Å²) in [7, 11) is 0.137. The van der Waals surface area contributed by atoms with Crippen LogP contribution in [0.25, 0.3) is 0 Å². The van der Waals surface area contributed by atoms with Gasteiger partial charge < -0.3 is 15.0 Å². The Balaban J connectivity index is 1.19. The van der Waals surface area contributed by atoms with Gasteiger partial charge in [-0.2, -0.15) is 17.5 Å². The van der Waals surface area contributed by atoms with E-state index in [1.807, 2.05) is 6.07 Å². The van der Waals surface area contributed by atoms with Gasteiger partial charge in [0.15, 0.2) is 0 Å². The molecule has 2 aromatic rings. The Morgan fingerprint density at radius 3 is 2.40 bits per heavy atom. The van der Waals surface area contributed by atoms with E-state index in [1.54, 1.807) is 0 Å². The fourth-order valence-electron chi connectivity index (χ4n) is 5.89. The number of hydrogen-bond acceptors (Lipinski definition) is 5. The van der Waals surface area contributed by atoms with Crippen molar-refractivity contribution in [3.8, 4) is 0 Å². The van der Waals surface area contributed by atoms with Crippen molar-refractivity contribution in [1.82, 2.24) is 14.5 Å². The van der Waals surface area contributed by atoms with Gasteiger partial charge in [0.05, 0.1) is 16.6 Å². The number of halogens is 3. The van der Waals surface area contributed by atoms with E-state index < -0.39 is 32.8 Å². The number of carbonyl (C=O) groups excluding carboxylic acids is 1. The van der Waals surface area contributed by atoms with Crippen molar-refractivity contribution in [1.29, 1.82) is 0 Å². The second-order valence-corrected chi connectivity index (χ2v) is 13.0. The Hall–Kier alpha value is -2.47. The zero-order valence-electron chi connectivity index (χ0n) is 22.9. The highest BCUT2D eigenvalue weighted by Crippen LogP contribution is 2.39. The van der Waals surface area contributed by atoms with Crippen LogP contribution in [0.2, 0.25) is 0 Å². The predicted molar refractivity (Wildman–Crippen MR) is 146 cm³/mol. The average Bonchev–Trinajstić information content (AvgIpc) is 3.42. The molecule has 2 unspecified atom stereocenters. The molecule has 1 N–H and O–H groups in total. The Morgan fingerprint density at radius 2 is 1.75 bits per heavy atom. The van der Waals surface area contributed by atoms with E-state index in [2.05, 4.69) is 48.6 Å². The molecule has 1 saturated heterocycles. The molecule has 1 amide bonds. The summed E-state index contributed by atoms with van der Waals surface area (Å²) in [6.45, 7) is 0.497. The topological polar surface area (TPSA) is 79.0 Å². The van der Waals surface area contributed by atoms with Crippen molar-refractivity contribution in [3.05, 3.63) is 65.7 Å². The summed E-state index contributed by atoms with van der Waals surface area (Å²) >= 11 is 0. The van der Waals surface area contributed by atoms with Crippen LogP contribution in [-0.2, 0) is 25.7 Å². The first-order valence-electron chi connectivity index (χ1n) is 13.7. The van der Waals surface area contributed by atoms with Crippen LogP contribution in [0.3, 0.4) is 0 Å². The molecule has 1 aliphatic carbocycles. The Kier molecular flexibility index (Phi) is 9.92. The van der Waals surface area contributed by atoms with E-state index in [1.165, 1.54) is 5.56 Å². The highest BCUT2D eigenvalue weighted by atomic mass is 32.2. The van der Waals surface area contributed by atoms with E-state index in [0.29, 0.717) is 36.9 Å². The van der Waals surface area contributed by atoms with Gasteiger partial charge in [-0.25, -0.2) is 8.42 Å². The lowest BCUT2D eigenvalue weighted by molar-refractivity contribution is -0.137. The molecule has 2 atom stereocenters. The Labute approximate surface area is 234 Å². The normalized spacial score (nSPS) is 23.3. The van der Waals surface area contributed by atoms with Gasteiger partial charge in [-0.15, -0.1) is 0 Å². The molecule has 0 bridgehead atoms. The van der Waals surface area contributed by atoms with Crippen molar-refractivity contribution in [3.63, 3.8) is 0 Å². The second-order valence-electron chi connectivity index (χ2n) is 11.0. The molecular formula is C29H38F3N3O4S. The molecule has 7 nitrogen and oxygen atoms in total. The summed E-state index contributed by atoms with van der Waals surface area (Å²) in [5.41, 5.74) is 0.314. The summed E-state index contributed by atoms with van der Waals surface area (Å²) in [5.74, 6) is 0.709. The number of nitrogens with one attached hydrogen (secondary N) is 1. The Morgan fingerprint density at radius 1 is 1.05 bits per heavy atom. The number of benzene rings is 2. The van der Waals surface area contributed by atoms with E-state index >= 15 is 0 Å². The van der Waals surface area contributed by atoms with Crippen molar-refractivity contribution in [2.45, 2.75) is 55.3 Å². The lowest BCUT2D eigenvalue weighted by atomic mass is 9.76. The summed E-state index contributed by atoms with van der Waals surface area (Å²) < 4.78 is 71.6. The zero-order chi connectivity index (χ0) is 28.9. The van der Waals surface area contributed by atoms with Gasteiger partial charge in [0.2, 0.25) is 15.9 Å². The van der Waals surface area contributed by atoms with Gasteiger partial charge in [0.1, 0.15) is 6.61 Å². The van der Waals surface area contributed by atoms with Crippen LogP contribution in [0.1, 0.15) is 49.3 Å². The standard InChI is InChI=1S/C29H38F3N3O4S/c1-34(2)28(22-7-4-3-5-8-22)23-13-11-21(12-14-23)18-33-27(36)20-39-25-15-16-35(19-25)40(37,38)26-10-6-9-24(17-26)29(30,31)32/h3-10,17,21,23,25,28H,11-16,18-20H2,1-2H3,(H,33,36). The fraction of sp³-hybridized carbons (Fsp3) is 0.552. The van der Waals surface area contributed by atoms with Crippen LogP contribution >= 0.6 is 0 Å². The molecule has 2 aromatic carbocycles. The summed E-state index contributed by atoms with van der Waals surface area (Å²) in [5, 5.41) is 2.95. The van der Waals surface area contributed by atoms with Crippen LogP contribution in [0, 0.1) is 11.8 Å². The average molecular weight is 582 g/mol. The number of alkyl halides is 3. The molecule has 1 aliphatic heterocycles. The number of ether oxygens (including phenoxy) is 1. The minimum atomic E-state index is -4.63. The molecule has 0 radical (unpaired) electrons. The first-order valence-corrected chi connectivity index (χ1v) is 15.2. The smallest absolute Gasteiger partial charge is 0.367 e. The molecule has 40 heavy (non-hydrogen) atoms. The molecule has 2 fully saturated rings. The van der Waals surface area contributed by atoms with Gasteiger partial charge in [-0.05, 0) is 81.8 Å². The number of hydrogen-bond donors (Lipinski definition) is 1. The molecule has 1 heterocycles. The molecule has 0 spiro atoms. The minimum absolute atomic E-state index is 0.00960. The highest BCUT2D eigenvalue weighted by Gasteiger charge is 2.36. The van der Waals surface area contributed by atoms with Crippen LogP contribution in [0.5, 0.6) is 0 Å². The SMILES string of the molecule is CN(C)C(c1ccccc1)C1CCC(CNC(=O)COC2CCN(S(=O)(=O)c3cccc(C(F)(F)F)c3)C2)CC1. The first-order chi connectivity index (χ1) is 18.9. The third-order valence-electron chi connectivity index (χ3n) is 7.98. The lowest BCUT2D eigenvalue weighted by Gasteiger charge is -2.37. The molecule has 1 saturated carbocycles. The largest absolute Gasteiger partial charge is 0.416 e. The monoisotopic (exact) mass is 581 g/mol. The molecule has 11 heteroatoms. The first kappa shape index (κ1) is 30.5. The maximum atomic E-state index is 13.0. The third-order valence-corrected chi connectivity index (χ3v) is 9.84. The molecule has 220 valence electrons. The van der Waals surface area contributed by atoms with Gasteiger partial charge in [-0.1, -0.05) is 36.4 Å². The highest BCUT2D eigenvalue weighted by molar-refractivity contribution is 7.89. The van der Waals surface area contributed by atoms with Crippen molar-refractivity contribution in [2.75, 3.05) is 40.3 Å². The van der Waals surface area contributed by atoms with Crippen LogP contribution in [0.15, 0.2) is 59.5 Å². The maximum absolute atomic E-state index is 13.0. The van der Waals surface area contributed by atoms with E-state index in [-0.39, 0.29) is 25.6 Å². The van der Waals surface area contributed by atoms with Gasteiger partial charge in [0.25, 0.3) is 0 Å². The van der Waals surface area contributed by atoms with Crippen LogP contribution in [0.4, 0.5) is 13.2 Å². The predicted octanol–water partition coefficient (Wildman–Crippen LogP) is 4.71. The van der Waals surface area contributed by atoms with Crippen LogP contribution < -0.4 is 5.32 Å². The third kappa shape index (κ3) is 7.63. The van der Waals surface area contributed by atoms with E-state index in [0.717, 1.165) is 48.2 Å². The molecule has 0 aromatic heterocycles. The number of sulfonamides is 1. The second kappa shape index (κ2) is 13.0. The summed E-state index contributed by atoms with van der Waals surface area (Å²) in [4.78, 5) is 14.3. The number of amides is 1. The van der Waals surface area contributed by atoms with Gasteiger partial charge in [-0.3, -0.25) is 4.79 Å². The maximum Gasteiger partial charge on any atom is 0.416 e. The molecule has 2 aliphatic rings. The van der Waals surface area contributed by atoms with Gasteiger partial charge >= 0.3 is 6.18 Å². The zero-order valence-corrected chi connectivity index (χ0v) is 23.8. The lowest BCUT2D eigenvalue weighted by Crippen LogP contribution is -2.37. The summed E-state index contributed by atoms with van der Waals surface area (Å²) in [6, 6.07) is 14.6. The molecular weight excluding hydrogens is 543 g/mol.